The predicted molar refractivity (Wildman–Crippen MR) is 87.9 cm³/mol. The fourth-order valence-corrected chi connectivity index (χ4v) is 3.74. The van der Waals surface area contributed by atoms with Crippen molar-refractivity contribution in [1.82, 2.24) is 10.6 Å². The number of carbonyl (C=O) groups is 1. The molecule has 1 aliphatic heterocycles. The molecule has 0 aromatic heterocycles. The molecular formula is C18H26N2O3. The van der Waals surface area contributed by atoms with Gasteiger partial charge in [-0.2, -0.15) is 0 Å². The van der Waals surface area contributed by atoms with Gasteiger partial charge in [0.15, 0.2) is 0 Å². The first-order chi connectivity index (χ1) is 11.2. The Morgan fingerprint density at radius 1 is 1.17 bits per heavy atom. The lowest BCUT2D eigenvalue weighted by molar-refractivity contribution is 0.00919. The van der Waals surface area contributed by atoms with Gasteiger partial charge in [0.2, 0.25) is 0 Å². The Morgan fingerprint density at radius 3 is 2.39 bits per heavy atom. The summed E-state index contributed by atoms with van der Waals surface area (Å²) in [6.45, 7) is 1.98. The van der Waals surface area contributed by atoms with Gasteiger partial charge in [-0.3, -0.25) is 4.79 Å². The molecule has 1 aromatic rings. The molecule has 0 bridgehead atoms. The predicted octanol–water partition coefficient (Wildman–Crippen LogP) is 1.05. The second-order valence-corrected chi connectivity index (χ2v) is 6.83. The maximum atomic E-state index is 12.6. The van der Waals surface area contributed by atoms with Crippen LogP contribution in [0.25, 0.3) is 0 Å². The second-order valence-electron chi connectivity index (χ2n) is 6.83. The van der Waals surface area contributed by atoms with Gasteiger partial charge in [-0.15, -0.1) is 0 Å². The van der Waals surface area contributed by atoms with Crippen LogP contribution in [0.2, 0.25) is 0 Å². The zero-order valence-corrected chi connectivity index (χ0v) is 13.4. The molecule has 5 nitrogen and oxygen atoms in total. The molecule has 126 valence electrons. The minimum Gasteiger partial charge on any atom is -0.393 e. The van der Waals surface area contributed by atoms with Gasteiger partial charge in [0.1, 0.15) is 0 Å². The minimum absolute atomic E-state index is 0.0143. The van der Waals surface area contributed by atoms with E-state index < -0.39 is 0 Å². The summed E-state index contributed by atoms with van der Waals surface area (Å²) in [5.74, 6) is 0.808. The molecule has 3 rings (SSSR count). The Balaban J connectivity index is 1.67. The summed E-state index contributed by atoms with van der Waals surface area (Å²) in [5.41, 5.74) is 1.43. The number of nitrogens with one attached hydrogen (secondary N) is 2. The van der Waals surface area contributed by atoms with Gasteiger partial charge < -0.3 is 20.8 Å². The molecule has 1 aliphatic carbocycles. The minimum atomic E-state index is -0.204. The van der Waals surface area contributed by atoms with E-state index in [4.69, 9.17) is 5.11 Å². The van der Waals surface area contributed by atoms with Crippen LogP contribution in [0.5, 0.6) is 0 Å². The van der Waals surface area contributed by atoms with Crippen molar-refractivity contribution in [1.29, 1.82) is 0 Å². The van der Waals surface area contributed by atoms with Crippen LogP contribution in [-0.2, 0) is 6.61 Å². The number of amides is 1. The van der Waals surface area contributed by atoms with Gasteiger partial charge >= 0.3 is 0 Å². The van der Waals surface area contributed by atoms with Crippen molar-refractivity contribution in [2.75, 3.05) is 13.1 Å². The normalized spacial score (nSPS) is 26.3. The molecule has 1 unspecified atom stereocenters. The van der Waals surface area contributed by atoms with Crippen molar-refractivity contribution in [3.63, 3.8) is 0 Å². The largest absolute Gasteiger partial charge is 0.393 e. The Labute approximate surface area is 137 Å². The molecule has 2 fully saturated rings. The van der Waals surface area contributed by atoms with Crippen LogP contribution in [0.3, 0.4) is 0 Å². The first-order valence-corrected chi connectivity index (χ1v) is 8.57. The summed E-state index contributed by atoms with van der Waals surface area (Å²) in [4.78, 5) is 12.6. The Morgan fingerprint density at radius 2 is 1.83 bits per heavy atom. The number of aliphatic hydroxyl groups excluding tert-OH is 2. The highest BCUT2D eigenvalue weighted by atomic mass is 16.3. The fourth-order valence-electron chi connectivity index (χ4n) is 3.74. The quantitative estimate of drug-likeness (QED) is 0.654. The van der Waals surface area contributed by atoms with Crippen molar-refractivity contribution in [3.8, 4) is 0 Å². The lowest BCUT2D eigenvalue weighted by Crippen LogP contribution is -2.52. The van der Waals surface area contributed by atoms with Crippen molar-refractivity contribution >= 4 is 5.91 Å². The third-order valence-electron chi connectivity index (χ3n) is 5.25. The highest BCUT2D eigenvalue weighted by molar-refractivity contribution is 5.94. The molecule has 0 spiro atoms. The number of piperidine rings is 1. The van der Waals surface area contributed by atoms with Crippen LogP contribution >= 0.6 is 0 Å². The fraction of sp³-hybridized carbons (Fsp3) is 0.611. The maximum Gasteiger partial charge on any atom is 0.251 e. The number of aliphatic hydroxyl groups is 2. The molecule has 1 amide bonds. The van der Waals surface area contributed by atoms with Crippen LogP contribution in [0.15, 0.2) is 24.3 Å². The molecule has 1 saturated carbocycles. The second kappa shape index (κ2) is 7.43. The van der Waals surface area contributed by atoms with Crippen LogP contribution in [0.1, 0.15) is 41.6 Å². The van der Waals surface area contributed by atoms with E-state index in [1.54, 1.807) is 24.3 Å². The number of hydrogen-bond acceptors (Lipinski definition) is 4. The standard InChI is InChI=1S/C18H26N2O3/c21-11-12-1-3-14(4-2-12)18(23)20-17(15-9-16(22)10-15)13-5-7-19-8-6-13/h1-4,13,15-17,19,21-22H,5-11H2,(H,20,23). The zero-order valence-electron chi connectivity index (χ0n) is 13.4. The number of carbonyl (C=O) groups excluding carboxylic acids is 1. The van der Waals surface area contributed by atoms with E-state index in [-0.39, 0.29) is 24.7 Å². The van der Waals surface area contributed by atoms with E-state index in [1.165, 1.54) is 0 Å². The summed E-state index contributed by atoms with van der Waals surface area (Å²) in [5, 5.41) is 25.3. The summed E-state index contributed by atoms with van der Waals surface area (Å²) >= 11 is 0. The van der Waals surface area contributed by atoms with E-state index in [0.29, 0.717) is 17.4 Å². The molecule has 1 heterocycles. The van der Waals surface area contributed by atoms with Gasteiger partial charge in [0, 0.05) is 11.6 Å². The molecule has 0 radical (unpaired) electrons. The Kier molecular flexibility index (Phi) is 5.30. The van der Waals surface area contributed by atoms with Gasteiger partial charge in [-0.05, 0) is 68.3 Å². The molecule has 2 aliphatic rings. The summed E-state index contributed by atoms with van der Waals surface area (Å²) < 4.78 is 0. The maximum absolute atomic E-state index is 12.6. The van der Waals surface area contributed by atoms with E-state index in [9.17, 15) is 9.90 Å². The van der Waals surface area contributed by atoms with Crippen LogP contribution in [0.4, 0.5) is 0 Å². The highest BCUT2D eigenvalue weighted by Crippen LogP contribution is 2.35. The third kappa shape index (κ3) is 3.91. The first-order valence-electron chi connectivity index (χ1n) is 8.57. The van der Waals surface area contributed by atoms with Crippen molar-refractivity contribution in [3.05, 3.63) is 35.4 Å². The van der Waals surface area contributed by atoms with Crippen molar-refractivity contribution in [2.45, 2.75) is 44.4 Å². The molecular weight excluding hydrogens is 292 g/mol. The van der Waals surface area contributed by atoms with Crippen LogP contribution in [-0.4, -0.2) is 41.4 Å². The number of hydrogen-bond donors (Lipinski definition) is 4. The van der Waals surface area contributed by atoms with Crippen molar-refractivity contribution < 1.29 is 15.0 Å². The van der Waals surface area contributed by atoms with E-state index in [2.05, 4.69) is 10.6 Å². The average molecular weight is 318 g/mol. The summed E-state index contributed by atoms with van der Waals surface area (Å²) in [6, 6.07) is 7.22. The van der Waals surface area contributed by atoms with E-state index >= 15 is 0 Å². The molecule has 1 atom stereocenters. The smallest absolute Gasteiger partial charge is 0.251 e. The summed E-state index contributed by atoms with van der Waals surface area (Å²) in [7, 11) is 0. The summed E-state index contributed by atoms with van der Waals surface area (Å²) in [6.07, 6.45) is 3.52. The molecule has 1 aromatic carbocycles. The molecule has 1 saturated heterocycles. The monoisotopic (exact) mass is 318 g/mol. The van der Waals surface area contributed by atoms with E-state index in [0.717, 1.165) is 44.3 Å². The van der Waals surface area contributed by atoms with E-state index in [1.807, 2.05) is 0 Å². The first kappa shape index (κ1) is 16.4. The van der Waals surface area contributed by atoms with Gasteiger partial charge in [0.25, 0.3) is 5.91 Å². The van der Waals surface area contributed by atoms with Gasteiger partial charge in [0.05, 0.1) is 12.7 Å². The number of rotatable bonds is 5. The Bertz CT molecular complexity index is 520. The highest BCUT2D eigenvalue weighted by Gasteiger charge is 2.39. The van der Waals surface area contributed by atoms with Crippen molar-refractivity contribution in [2.24, 2.45) is 11.8 Å². The van der Waals surface area contributed by atoms with Crippen LogP contribution in [0, 0.1) is 11.8 Å². The van der Waals surface area contributed by atoms with Gasteiger partial charge in [-0.1, -0.05) is 12.1 Å². The molecule has 5 heteroatoms. The zero-order chi connectivity index (χ0) is 16.2. The Hall–Kier alpha value is -1.43. The molecule has 23 heavy (non-hydrogen) atoms. The molecule has 4 N–H and O–H groups in total. The third-order valence-corrected chi connectivity index (χ3v) is 5.25. The lowest BCUT2D eigenvalue weighted by Gasteiger charge is -2.43. The van der Waals surface area contributed by atoms with Crippen LogP contribution < -0.4 is 10.6 Å². The topological polar surface area (TPSA) is 81.6 Å². The SMILES string of the molecule is O=C(NC(C1CCNCC1)C1CC(O)C1)c1ccc(CO)cc1. The van der Waals surface area contributed by atoms with Gasteiger partial charge in [-0.25, -0.2) is 0 Å². The average Bonchev–Trinajstić information content (AvgIpc) is 2.58. The number of benzene rings is 1. The lowest BCUT2D eigenvalue weighted by atomic mass is 9.71.